The van der Waals surface area contributed by atoms with E-state index < -0.39 is 0 Å². The Morgan fingerprint density at radius 3 is 2.43 bits per heavy atom. The van der Waals surface area contributed by atoms with E-state index in [0.29, 0.717) is 0 Å². The van der Waals surface area contributed by atoms with Crippen molar-refractivity contribution in [2.45, 2.75) is 20.3 Å². The molecule has 1 aromatic rings. The molecule has 0 spiro atoms. The number of rotatable bonds is 5. The molecular weight excluding hydrogens is 194 g/mol. The smallest absolute Gasteiger partial charge is 0.0406 e. The van der Waals surface area contributed by atoms with Gasteiger partial charge >= 0.3 is 0 Å². The Labute approximate surface area is 91.5 Å². The molecule has 14 heavy (non-hydrogen) atoms. The molecule has 0 radical (unpaired) electrons. The molecule has 1 rings (SSSR count). The second kappa shape index (κ2) is 6.05. The first-order valence-corrected chi connectivity index (χ1v) is 5.51. The minimum atomic E-state index is 0.722. The third kappa shape index (κ3) is 4.64. The molecule has 0 aromatic heterocycles. The maximum Gasteiger partial charge on any atom is 0.0406 e. The first-order valence-electron chi connectivity index (χ1n) is 5.13. The normalized spacial score (nSPS) is 10.9. The van der Waals surface area contributed by atoms with Crippen LogP contribution in [0.1, 0.15) is 19.4 Å². The fourth-order valence-corrected chi connectivity index (χ4v) is 1.40. The zero-order valence-electron chi connectivity index (χ0n) is 8.89. The van der Waals surface area contributed by atoms with E-state index in [2.05, 4.69) is 31.3 Å². The molecule has 0 unspecified atom stereocenters. The molecule has 0 saturated heterocycles. The Bertz CT molecular complexity index is 254. The largest absolute Gasteiger partial charge is 0.316 e. The Kier molecular flexibility index (Phi) is 4.99. The Hall–Kier alpha value is -0.530. The van der Waals surface area contributed by atoms with Gasteiger partial charge in [-0.1, -0.05) is 37.6 Å². The van der Waals surface area contributed by atoms with Crippen molar-refractivity contribution in [3.63, 3.8) is 0 Å². The predicted molar refractivity (Wildman–Crippen MR) is 62.9 cm³/mol. The van der Waals surface area contributed by atoms with Crippen LogP contribution in [0.25, 0.3) is 0 Å². The van der Waals surface area contributed by atoms with Crippen LogP contribution in [0.15, 0.2) is 24.3 Å². The second-order valence-electron chi connectivity index (χ2n) is 3.97. The van der Waals surface area contributed by atoms with Crippen LogP contribution in [0, 0.1) is 5.92 Å². The summed E-state index contributed by atoms with van der Waals surface area (Å²) in [6.45, 7) is 6.57. The molecule has 0 atom stereocenters. The van der Waals surface area contributed by atoms with Crippen molar-refractivity contribution in [3.8, 4) is 0 Å². The molecule has 0 fully saturated rings. The van der Waals surface area contributed by atoms with E-state index in [-0.39, 0.29) is 0 Å². The standard InChI is InChI=1S/C12H18ClN/c1-10(2)9-14-8-7-11-3-5-12(13)6-4-11/h3-6,10,14H,7-9H2,1-2H3. The summed E-state index contributed by atoms with van der Waals surface area (Å²) >= 11 is 5.80. The minimum Gasteiger partial charge on any atom is -0.316 e. The van der Waals surface area contributed by atoms with Gasteiger partial charge in [0, 0.05) is 5.02 Å². The molecule has 0 aliphatic heterocycles. The van der Waals surface area contributed by atoms with Gasteiger partial charge in [-0.2, -0.15) is 0 Å². The van der Waals surface area contributed by atoms with Crippen LogP contribution in [0.5, 0.6) is 0 Å². The fraction of sp³-hybridized carbons (Fsp3) is 0.500. The first kappa shape index (κ1) is 11.5. The highest BCUT2D eigenvalue weighted by Gasteiger charge is 1.94. The SMILES string of the molecule is CC(C)CNCCc1ccc(Cl)cc1. The second-order valence-corrected chi connectivity index (χ2v) is 4.41. The highest BCUT2D eigenvalue weighted by Crippen LogP contribution is 2.09. The van der Waals surface area contributed by atoms with Gasteiger partial charge in [0.15, 0.2) is 0 Å². The molecule has 0 aliphatic rings. The molecule has 0 amide bonds. The van der Waals surface area contributed by atoms with E-state index in [0.717, 1.165) is 30.5 Å². The summed E-state index contributed by atoms with van der Waals surface area (Å²) in [5.41, 5.74) is 1.34. The molecule has 1 aromatic carbocycles. The number of hydrogen-bond acceptors (Lipinski definition) is 1. The lowest BCUT2D eigenvalue weighted by Gasteiger charge is -2.07. The van der Waals surface area contributed by atoms with Crippen LogP contribution in [-0.2, 0) is 6.42 Å². The van der Waals surface area contributed by atoms with Crippen LogP contribution < -0.4 is 5.32 Å². The highest BCUT2D eigenvalue weighted by molar-refractivity contribution is 6.30. The molecule has 0 aliphatic carbocycles. The van der Waals surface area contributed by atoms with Gasteiger partial charge in [-0.25, -0.2) is 0 Å². The molecule has 0 bridgehead atoms. The number of benzene rings is 1. The van der Waals surface area contributed by atoms with Gasteiger partial charge in [0.2, 0.25) is 0 Å². The number of hydrogen-bond donors (Lipinski definition) is 1. The van der Waals surface area contributed by atoms with Gasteiger partial charge in [0.05, 0.1) is 0 Å². The van der Waals surface area contributed by atoms with Crippen LogP contribution in [0.3, 0.4) is 0 Å². The highest BCUT2D eigenvalue weighted by atomic mass is 35.5. The average molecular weight is 212 g/mol. The predicted octanol–water partition coefficient (Wildman–Crippen LogP) is 3.13. The summed E-state index contributed by atoms with van der Waals surface area (Å²) in [5, 5.41) is 4.22. The maximum absolute atomic E-state index is 5.80. The Morgan fingerprint density at radius 2 is 1.86 bits per heavy atom. The van der Waals surface area contributed by atoms with E-state index in [1.54, 1.807) is 0 Å². The zero-order valence-corrected chi connectivity index (χ0v) is 9.64. The molecule has 1 N–H and O–H groups in total. The molecule has 1 nitrogen and oxygen atoms in total. The lowest BCUT2D eigenvalue weighted by molar-refractivity contribution is 0.554. The zero-order chi connectivity index (χ0) is 10.4. The van der Waals surface area contributed by atoms with E-state index >= 15 is 0 Å². The van der Waals surface area contributed by atoms with Crippen LogP contribution in [0.4, 0.5) is 0 Å². The van der Waals surface area contributed by atoms with E-state index in [1.165, 1.54) is 5.56 Å². The molecule has 0 heterocycles. The fourth-order valence-electron chi connectivity index (χ4n) is 1.27. The Morgan fingerprint density at radius 1 is 1.21 bits per heavy atom. The van der Waals surface area contributed by atoms with Crippen molar-refractivity contribution >= 4 is 11.6 Å². The van der Waals surface area contributed by atoms with Crippen molar-refractivity contribution in [1.29, 1.82) is 0 Å². The first-order chi connectivity index (χ1) is 6.68. The van der Waals surface area contributed by atoms with Crippen LogP contribution in [0.2, 0.25) is 5.02 Å². The van der Waals surface area contributed by atoms with Crippen molar-refractivity contribution in [1.82, 2.24) is 5.32 Å². The summed E-state index contributed by atoms with van der Waals surface area (Å²) in [4.78, 5) is 0. The van der Waals surface area contributed by atoms with Gasteiger partial charge in [0.1, 0.15) is 0 Å². The van der Waals surface area contributed by atoms with Gasteiger partial charge < -0.3 is 5.32 Å². The van der Waals surface area contributed by atoms with E-state index in [1.807, 2.05) is 12.1 Å². The third-order valence-corrected chi connectivity index (χ3v) is 2.31. The summed E-state index contributed by atoms with van der Waals surface area (Å²) in [6, 6.07) is 8.05. The van der Waals surface area contributed by atoms with E-state index in [9.17, 15) is 0 Å². The summed E-state index contributed by atoms with van der Waals surface area (Å²) < 4.78 is 0. The molecule has 78 valence electrons. The Balaban J connectivity index is 2.21. The topological polar surface area (TPSA) is 12.0 Å². The van der Waals surface area contributed by atoms with Crippen molar-refractivity contribution in [2.75, 3.05) is 13.1 Å². The van der Waals surface area contributed by atoms with E-state index in [4.69, 9.17) is 11.6 Å². The van der Waals surface area contributed by atoms with Gasteiger partial charge in [0.25, 0.3) is 0 Å². The molecule has 0 saturated carbocycles. The average Bonchev–Trinajstić information content (AvgIpc) is 2.15. The number of halogens is 1. The minimum absolute atomic E-state index is 0.722. The number of nitrogens with one attached hydrogen (secondary N) is 1. The molecular formula is C12H18ClN. The van der Waals surface area contributed by atoms with Crippen molar-refractivity contribution in [2.24, 2.45) is 5.92 Å². The monoisotopic (exact) mass is 211 g/mol. The summed E-state index contributed by atoms with van der Waals surface area (Å²) in [7, 11) is 0. The lowest BCUT2D eigenvalue weighted by atomic mass is 10.1. The quantitative estimate of drug-likeness (QED) is 0.738. The van der Waals surface area contributed by atoms with Crippen LogP contribution in [-0.4, -0.2) is 13.1 Å². The van der Waals surface area contributed by atoms with Crippen molar-refractivity contribution < 1.29 is 0 Å². The lowest BCUT2D eigenvalue weighted by Crippen LogP contribution is -2.22. The van der Waals surface area contributed by atoms with Gasteiger partial charge in [-0.15, -0.1) is 0 Å². The third-order valence-electron chi connectivity index (χ3n) is 2.06. The summed E-state index contributed by atoms with van der Waals surface area (Å²) in [6.07, 6.45) is 1.07. The van der Waals surface area contributed by atoms with Crippen molar-refractivity contribution in [3.05, 3.63) is 34.9 Å². The summed E-state index contributed by atoms with van der Waals surface area (Å²) in [5.74, 6) is 0.722. The van der Waals surface area contributed by atoms with Crippen LogP contribution >= 0.6 is 11.6 Å². The van der Waals surface area contributed by atoms with Gasteiger partial charge in [-0.05, 0) is 43.1 Å². The van der Waals surface area contributed by atoms with Gasteiger partial charge in [-0.3, -0.25) is 0 Å². The maximum atomic E-state index is 5.80. The molecule has 2 heteroatoms.